The molecule has 0 unspecified atom stereocenters. The number of carbonyl (C=O) groups is 1. The minimum absolute atomic E-state index is 0.152. The summed E-state index contributed by atoms with van der Waals surface area (Å²) in [6.07, 6.45) is 3.95. The van der Waals surface area contributed by atoms with Gasteiger partial charge in [0.2, 0.25) is 0 Å². The maximum absolute atomic E-state index is 12.5. The van der Waals surface area contributed by atoms with Gasteiger partial charge in [0.1, 0.15) is 11.5 Å². The number of furan rings is 1. The number of pyridine rings is 1. The molecule has 0 radical (unpaired) electrons. The molecule has 3 aromatic heterocycles. The van der Waals surface area contributed by atoms with E-state index in [2.05, 4.69) is 25.7 Å². The van der Waals surface area contributed by atoms with Crippen LogP contribution < -0.4 is 5.32 Å². The lowest BCUT2D eigenvalue weighted by atomic mass is 9.98. The Hall–Kier alpha value is -2.74. The Kier molecular flexibility index (Phi) is 4.43. The fourth-order valence-corrected chi connectivity index (χ4v) is 3.35. The third-order valence-electron chi connectivity index (χ3n) is 4.57. The van der Waals surface area contributed by atoms with Gasteiger partial charge in [-0.3, -0.25) is 9.69 Å². The van der Waals surface area contributed by atoms with Crippen LogP contribution in [0.25, 0.3) is 5.65 Å². The second-order valence-electron chi connectivity index (χ2n) is 6.39. The highest BCUT2D eigenvalue weighted by Gasteiger charge is 2.22. The summed E-state index contributed by atoms with van der Waals surface area (Å²) in [5.74, 6) is 1.26. The maximum Gasteiger partial charge on any atom is 0.270 e. The van der Waals surface area contributed by atoms with Crippen molar-refractivity contribution in [2.24, 2.45) is 5.92 Å². The largest absolute Gasteiger partial charge is 0.468 e. The van der Waals surface area contributed by atoms with Crippen molar-refractivity contribution in [1.82, 2.24) is 30.3 Å². The van der Waals surface area contributed by atoms with Gasteiger partial charge >= 0.3 is 0 Å². The Labute approximate surface area is 144 Å². The van der Waals surface area contributed by atoms with Gasteiger partial charge < -0.3 is 9.73 Å². The molecular formula is C17H20N6O2. The lowest BCUT2D eigenvalue weighted by Crippen LogP contribution is -2.40. The normalized spacial score (nSPS) is 18.5. The number of nitrogens with zero attached hydrogens (tertiary/aromatic N) is 5. The van der Waals surface area contributed by atoms with Crippen LogP contribution >= 0.6 is 0 Å². The zero-order valence-corrected chi connectivity index (χ0v) is 13.8. The molecule has 1 atom stereocenters. The summed E-state index contributed by atoms with van der Waals surface area (Å²) in [5.41, 5.74) is 1.01. The van der Waals surface area contributed by atoms with Gasteiger partial charge in [0.05, 0.1) is 12.8 Å². The zero-order chi connectivity index (χ0) is 17.1. The summed E-state index contributed by atoms with van der Waals surface area (Å²) in [5, 5.41) is 14.4. The number of hydrogen-bond donors (Lipinski definition) is 1. The quantitative estimate of drug-likeness (QED) is 0.754. The van der Waals surface area contributed by atoms with E-state index in [-0.39, 0.29) is 5.91 Å². The third kappa shape index (κ3) is 3.53. The Balaban J connectivity index is 1.34. The molecule has 8 heteroatoms. The van der Waals surface area contributed by atoms with Crippen LogP contribution in [-0.4, -0.2) is 50.5 Å². The van der Waals surface area contributed by atoms with Gasteiger partial charge in [0, 0.05) is 13.1 Å². The number of tetrazole rings is 1. The lowest BCUT2D eigenvalue weighted by Gasteiger charge is -2.32. The molecule has 1 aliphatic rings. The summed E-state index contributed by atoms with van der Waals surface area (Å²) >= 11 is 0. The first-order valence-corrected chi connectivity index (χ1v) is 8.49. The van der Waals surface area contributed by atoms with E-state index >= 15 is 0 Å². The van der Waals surface area contributed by atoms with E-state index in [4.69, 9.17) is 4.42 Å². The lowest BCUT2D eigenvalue weighted by molar-refractivity contribution is 0.0920. The molecule has 4 rings (SSSR count). The SMILES string of the molecule is O=C(NC[C@@H]1CCCN(Cc2ccco2)C1)c1cccc2nnnn12. The first-order chi connectivity index (χ1) is 12.3. The highest BCUT2D eigenvalue weighted by atomic mass is 16.3. The number of piperidine rings is 1. The molecule has 0 spiro atoms. The molecule has 25 heavy (non-hydrogen) atoms. The highest BCUT2D eigenvalue weighted by molar-refractivity contribution is 5.93. The number of aromatic nitrogens is 4. The van der Waals surface area contributed by atoms with E-state index in [0.717, 1.165) is 38.2 Å². The van der Waals surface area contributed by atoms with Crippen molar-refractivity contribution >= 4 is 11.6 Å². The minimum Gasteiger partial charge on any atom is -0.468 e. The zero-order valence-electron chi connectivity index (χ0n) is 13.8. The van der Waals surface area contributed by atoms with Crippen LogP contribution in [0.4, 0.5) is 0 Å². The van der Waals surface area contributed by atoms with Crippen molar-refractivity contribution in [2.45, 2.75) is 19.4 Å². The summed E-state index contributed by atoms with van der Waals surface area (Å²) in [7, 11) is 0. The molecule has 1 saturated heterocycles. The standard InChI is InChI=1S/C17H20N6O2/c24-17(15-6-1-7-16-19-20-21-23(15)16)18-10-13-4-2-8-22(11-13)12-14-5-3-9-25-14/h1,3,5-7,9,13H,2,4,8,10-12H2,(H,18,24)/t13-/m0/s1. The molecule has 1 amide bonds. The monoisotopic (exact) mass is 340 g/mol. The van der Waals surface area contributed by atoms with E-state index < -0.39 is 0 Å². The number of hydrogen-bond acceptors (Lipinski definition) is 6. The predicted octanol–water partition coefficient (Wildman–Crippen LogP) is 1.36. The molecule has 8 nitrogen and oxygen atoms in total. The number of rotatable bonds is 5. The van der Waals surface area contributed by atoms with Crippen LogP contribution in [0, 0.1) is 5.92 Å². The van der Waals surface area contributed by atoms with Gasteiger partial charge in [-0.05, 0) is 60.0 Å². The second kappa shape index (κ2) is 7.02. The Bertz CT molecular complexity index is 844. The van der Waals surface area contributed by atoms with Crippen LogP contribution in [-0.2, 0) is 6.54 Å². The van der Waals surface area contributed by atoms with Gasteiger partial charge in [-0.2, -0.15) is 4.52 Å². The van der Waals surface area contributed by atoms with Crippen LogP contribution in [0.1, 0.15) is 29.1 Å². The van der Waals surface area contributed by atoms with Gasteiger partial charge in [0.15, 0.2) is 5.65 Å². The first-order valence-electron chi connectivity index (χ1n) is 8.49. The van der Waals surface area contributed by atoms with Crippen molar-refractivity contribution in [2.75, 3.05) is 19.6 Å². The molecule has 0 saturated carbocycles. The van der Waals surface area contributed by atoms with Crippen LogP contribution in [0.2, 0.25) is 0 Å². The van der Waals surface area contributed by atoms with Crippen molar-refractivity contribution < 1.29 is 9.21 Å². The highest BCUT2D eigenvalue weighted by Crippen LogP contribution is 2.18. The number of amides is 1. The van der Waals surface area contributed by atoms with Crippen molar-refractivity contribution in [1.29, 1.82) is 0 Å². The molecule has 0 bridgehead atoms. The van der Waals surface area contributed by atoms with Crippen LogP contribution in [0.15, 0.2) is 41.0 Å². The molecule has 4 heterocycles. The average molecular weight is 340 g/mol. The van der Waals surface area contributed by atoms with Gasteiger partial charge in [-0.25, -0.2) is 0 Å². The molecule has 1 fully saturated rings. The Morgan fingerprint density at radius 3 is 3.16 bits per heavy atom. The molecule has 130 valence electrons. The summed E-state index contributed by atoms with van der Waals surface area (Å²) in [6.45, 7) is 3.48. The Morgan fingerprint density at radius 2 is 2.28 bits per heavy atom. The molecule has 0 aromatic carbocycles. The number of carbonyl (C=O) groups excluding carboxylic acids is 1. The van der Waals surface area contributed by atoms with E-state index in [0.29, 0.717) is 23.8 Å². The molecule has 0 aliphatic carbocycles. The topological polar surface area (TPSA) is 88.6 Å². The molecule has 1 aliphatic heterocycles. The summed E-state index contributed by atoms with van der Waals surface area (Å²) in [4.78, 5) is 14.9. The molecule has 3 aromatic rings. The predicted molar refractivity (Wildman–Crippen MR) is 89.8 cm³/mol. The fraction of sp³-hybridized carbons (Fsp3) is 0.412. The number of likely N-dealkylation sites (tertiary alicyclic amines) is 1. The maximum atomic E-state index is 12.5. The summed E-state index contributed by atoms with van der Waals surface area (Å²) in [6, 6.07) is 9.19. The second-order valence-corrected chi connectivity index (χ2v) is 6.39. The van der Waals surface area contributed by atoms with E-state index in [1.165, 1.54) is 4.52 Å². The Morgan fingerprint density at radius 1 is 1.32 bits per heavy atom. The third-order valence-corrected chi connectivity index (χ3v) is 4.57. The van der Waals surface area contributed by atoms with Crippen LogP contribution in [0.3, 0.4) is 0 Å². The van der Waals surface area contributed by atoms with E-state index in [1.807, 2.05) is 12.1 Å². The summed E-state index contributed by atoms with van der Waals surface area (Å²) < 4.78 is 6.89. The fourth-order valence-electron chi connectivity index (χ4n) is 3.35. The van der Waals surface area contributed by atoms with E-state index in [9.17, 15) is 4.79 Å². The van der Waals surface area contributed by atoms with Gasteiger partial charge in [-0.15, -0.1) is 5.10 Å². The molecule has 1 N–H and O–H groups in total. The smallest absolute Gasteiger partial charge is 0.270 e. The number of nitrogens with one attached hydrogen (secondary N) is 1. The molecular weight excluding hydrogens is 320 g/mol. The first kappa shape index (κ1) is 15.8. The van der Waals surface area contributed by atoms with Crippen molar-refractivity contribution in [3.8, 4) is 0 Å². The van der Waals surface area contributed by atoms with Crippen LogP contribution in [0.5, 0.6) is 0 Å². The van der Waals surface area contributed by atoms with Crippen molar-refractivity contribution in [3.05, 3.63) is 48.0 Å². The van der Waals surface area contributed by atoms with Gasteiger partial charge in [0.25, 0.3) is 5.91 Å². The van der Waals surface area contributed by atoms with Gasteiger partial charge in [-0.1, -0.05) is 6.07 Å². The van der Waals surface area contributed by atoms with E-state index in [1.54, 1.807) is 24.5 Å². The average Bonchev–Trinajstić information content (AvgIpc) is 3.31. The minimum atomic E-state index is -0.152. The van der Waals surface area contributed by atoms with Crippen molar-refractivity contribution in [3.63, 3.8) is 0 Å². The number of fused-ring (bicyclic) bond motifs is 1.